The van der Waals surface area contributed by atoms with Crippen LogP contribution in [-0.2, 0) is 0 Å². The molecule has 0 spiro atoms. The van der Waals surface area contributed by atoms with Crippen LogP contribution < -0.4 is 10.5 Å². The molecule has 0 bridgehead atoms. The molecule has 0 aromatic heterocycles. The minimum atomic E-state index is 0.738. The summed E-state index contributed by atoms with van der Waals surface area (Å²) in [6.07, 6.45) is 7.88. The van der Waals surface area contributed by atoms with Gasteiger partial charge in [-0.1, -0.05) is 26.2 Å². The van der Waals surface area contributed by atoms with Crippen molar-refractivity contribution in [2.75, 3.05) is 12.3 Å². The first-order valence-corrected chi connectivity index (χ1v) is 7.86. The van der Waals surface area contributed by atoms with Crippen LogP contribution in [0.3, 0.4) is 0 Å². The number of hydrogen-bond donors (Lipinski definition) is 1. The Morgan fingerprint density at radius 1 is 1.28 bits per heavy atom. The van der Waals surface area contributed by atoms with Crippen LogP contribution in [0, 0.1) is 0 Å². The predicted octanol–water partition coefficient (Wildman–Crippen LogP) is 4.48. The van der Waals surface area contributed by atoms with Crippen molar-refractivity contribution in [1.82, 2.24) is 0 Å². The molecule has 1 aliphatic carbocycles. The molecule has 18 heavy (non-hydrogen) atoms. The highest BCUT2D eigenvalue weighted by molar-refractivity contribution is 8.00. The molecule has 100 valence electrons. The van der Waals surface area contributed by atoms with Gasteiger partial charge in [-0.05, 0) is 37.5 Å². The number of nitrogen functional groups attached to an aromatic ring is 1. The Hall–Kier alpha value is -0.830. The molecule has 3 heteroatoms. The van der Waals surface area contributed by atoms with Crippen LogP contribution in [-0.4, -0.2) is 11.9 Å². The van der Waals surface area contributed by atoms with Gasteiger partial charge in [0, 0.05) is 10.1 Å². The number of nitrogens with two attached hydrogens (primary N) is 1. The molecule has 0 heterocycles. The topological polar surface area (TPSA) is 35.2 Å². The monoisotopic (exact) mass is 265 g/mol. The largest absolute Gasteiger partial charge is 0.491 e. The molecular weight excluding hydrogens is 242 g/mol. The van der Waals surface area contributed by atoms with Gasteiger partial charge in [-0.2, -0.15) is 0 Å². The van der Waals surface area contributed by atoms with Crippen LogP contribution in [0.15, 0.2) is 23.1 Å². The molecule has 2 rings (SSSR count). The lowest BCUT2D eigenvalue weighted by atomic mass is 10.0. The van der Waals surface area contributed by atoms with Gasteiger partial charge in [-0.3, -0.25) is 0 Å². The number of rotatable bonds is 5. The summed E-state index contributed by atoms with van der Waals surface area (Å²) in [6, 6.07) is 6.19. The van der Waals surface area contributed by atoms with Crippen molar-refractivity contribution in [2.24, 2.45) is 0 Å². The molecule has 0 radical (unpaired) electrons. The summed E-state index contributed by atoms with van der Waals surface area (Å²) in [4.78, 5) is 1.29. The Balaban J connectivity index is 1.99. The Morgan fingerprint density at radius 3 is 2.78 bits per heavy atom. The zero-order valence-electron chi connectivity index (χ0n) is 11.2. The fraction of sp³-hybridized carbons (Fsp3) is 0.600. The zero-order valence-corrected chi connectivity index (χ0v) is 12.0. The van der Waals surface area contributed by atoms with Crippen molar-refractivity contribution in [3.05, 3.63) is 18.2 Å². The van der Waals surface area contributed by atoms with Crippen LogP contribution in [0.2, 0.25) is 0 Å². The molecule has 2 N–H and O–H groups in total. The molecule has 1 aliphatic rings. The Morgan fingerprint density at radius 2 is 2.06 bits per heavy atom. The average molecular weight is 265 g/mol. The summed E-state index contributed by atoms with van der Waals surface area (Å²) in [7, 11) is 0. The summed E-state index contributed by atoms with van der Waals surface area (Å²) < 4.78 is 5.68. The molecule has 0 aliphatic heterocycles. The normalized spacial score (nSPS) is 16.7. The van der Waals surface area contributed by atoms with Crippen LogP contribution in [0.1, 0.15) is 45.4 Å². The summed E-state index contributed by atoms with van der Waals surface area (Å²) >= 11 is 1.99. The highest BCUT2D eigenvalue weighted by Gasteiger charge is 2.15. The molecule has 2 nitrogen and oxygen atoms in total. The maximum absolute atomic E-state index is 5.93. The summed E-state index contributed by atoms with van der Waals surface area (Å²) in [5.41, 5.74) is 6.68. The molecule has 1 fully saturated rings. The molecule has 0 atom stereocenters. The average Bonchev–Trinajstić information content (AvgIpc) is 2.40. The van der Waals surface area contributed by atoms with Gasteiger partial charge in [-0.25, -0.2) is 0 Å². The number of ether oxygens (including phenoxy) is 1. The van der Waals surface area contributed by atoms with E-state index in [1.54, 1.807) is 0 Å². The van der Waals surface area contributed by atoms with Crippen molar-refractivity contribution in [3.8, 4) is 5.75 Å². The quantitative estimate of drug-likeness (QED) is 0.797. The maximum Gasteiger partial charge on any atom is 0.143 e. The Labute approximate surface area is 114 Å². The van der Waals surface area contributed by atoms with Gasteiger partial charge in [0.1, 0.15) is 5.75 Å². The molecular formula is C15H23NOS. The first-order valence-electron chi connectivity index (χ1n) is 6.98. The lowest BCUT2D eigenvalue weighted by molar-refractivity contribution is 0.318. The standard InChI is InChI=1S/C15H23NOS/c1-2-10-17-15-11-13(8-9-14(15)16)18-12-6-4-3-5-7-12/h8-9,11-12H,2-7,10,16H2,1H3. The van der Waals surface area contributed by atoms with Gasteiger partial charge in [0.25, 0.3) is 0 Å². The fourth-order valence-corrected chi connectivity index (χ4v) is 3.58. The van der Waals surface area contributed by atoms with Crippen molar-refractivity contribution in [1.29, 1.82) is 0 Å². The van der Waals surface area contributed by atoms with Gasteiger partial charge < -0.3 is 10.5 Å². The maximum atomic E-state index is 5.93. The third kappa shape index (κ3) is 3.84. The first kappa shape index (κ1) is 13.6. The lowest BCUT2D eigenvalue weighted by Crippen LogP contribution is -2.07. The highest BCUT2D eigenvalue weighted by atomic mass is 32.2. The smallest absolute Gasteiger partial charge is 0.143 e. The van der Waals surface area contributed by atoms with Gasteiger partial charge in [-0.15, -0.1) is 11.8 Å². The lowest BCUT2D eigenvalue weighted by Gasteiger charge is -2.21. The van der Waals surface area contributed by atoms with E-state index in [4.69, 9.17) is 10.5 Å². The minimum absolute atomic E-state index is 0.738. The van der Waals surface area contributed by atoms with E-state index in [2.05, 4.69) is 19.1 Å². The molecule has 1 saturated carbocycles. The molecule has 1 aromatic carbocycles. The van der Waals surface area contributed by atoms with Gasteiger partial charge in [0.2, 0.25) is 0 Å². The summed E-state index contributed by atoms with van der Waals surface area (Å²) in [5, 5.41) is 0.779. The Kier molecular flexibility index (Phi) is 5.24. The molecule has 0 amide bonds. The van der Waals surface area contributed by atoms with Gasteiger partial charge in [0.05, 0.1) is 12.3 Å². The summed E-state index contributed by atoms with van der Waals surface area (Å²) in [5.74, 6) is 0.845. The second kappa shape index (κ2) is 6.93. The van der Waals surface area contributed by atoms with Crippen molar-refractivity contribution >= 4 is 17.4 Å². The van der Waals surface area contributed by atoms with Crippen LogP contribution in [0.5, 0.6) is 5.75 Å². The molecule has 1 aromatic rings. The van der Waals surface area contributed by atoms with E-state index in [1.165, 1.54) is 37.0 Å². The van der Waals surface area contributed by atoms with E-state index in [0.717, 1.165) is 29.7 Å². The minimum Gasteiger partial charge on any atom is -0.491 e. The van der Waals surface area contributed by atoms with Crippen LogP contribution >= 0.6 is 11.8 Å². The highest BCUT2D eigenvalue weighted by Crippen LogP contribution is 2.36. The second-order valence-electron chi connectivity index (χ2n) is 4.93. The van der Waals surface area contributed by atoms with E-state index in [1.807, 2.05) is 17.8 Å². The van der Waals surface area contributed by atoms with Crippen molar-refractivity contribution in [2.45, 2.75) is 55.6 Å². The van der Waals surface area contributed by atoms with Crippen molar-refractivity contribution in [3.63, 3.8) is 0 Å². The van der Waals surface area contributed by atoms with Crippen molar-refractivity contribution < 1.29 is 4.74 Å². The third-order valence-electron chi connectivity index (χ3n) is 3.30. The predicted molar refractivity (Wildman–Crippen MR) is 79.4 cm³/mol. The summed E-state index contributed by atoms with van der Waals surface area (Å²) in [6.45, 7) is 2.85. The van der Waals surface area contributed by atoms with E-state index in [0.29, 0.717) is 0 Å². The number of hydrogen-bond acceptors (Lipinski definition) is 3. The second-order valence-corrected chi connectivity index (χ2v) is 6.30. The molecule has 0 unspecified atom stereocenters. The van der Waals surface area contributed by atoms with E-state index in [-0.39, 0.29) is 0 Å². The third-order valence-corrected chi connectivity index (χ3v) is 4.63. The van der Waals surface area contributed by atoms with E-state index < -0.39 is 0 Å². The number of benzene rings is 1. The van der Waals surface area contributed by atoms with E-state index in [9.17, 15) is 0 Å². The first-order chi connectivity index (χ1) is 8.79. The number of anilines is 1. The Bertz CT molecular complexity index is 375. The van der Waals surface area contributed by atoms with Gasteiger partial charge >= 0.3 is 0 Å². The van der Waals surface area contributed by atoms with Crippen LogP contribution in [0.25, 0.3) is 0 Å². The fourth-order valence-electron chi connectivity index (χ4n) is 2.30. The van der Waals surface area contributed by atoms with Gasteiger partial charge in [0.15, 0.2) is 0 Å². The SMILES string of the molecule is CCCOc1cc(SC2CCCCC2)ccc1N. The zero-order chi connectivity index (χ0) is 12.8. The number of thioether (sulfide) groups is 1. The van der Waals surface area contributed by atoms with Crippen LogP contribution in [0.4, 0.5) is 5.69 Å². The molecule has 0 saturated heterocycles. The van der Waals surface area contributed by atoms with E-state index >= 15 is 0 Å².